The normalized spacial score (nSPS) is 29.3. The molecule has 10 heteroatoms. The number of alkyl halides is 1. The van der Waals surface area contributed by atoms with E-state index in [9.17, 15) is 19.2 Å². The first-order chi connectivity index (χ1) is 11.1. The standard InChI is InChI=1S/C14H19BrO9/c1-6(16)20-5-10-11(21-7(2)17)12(22-8(3)18)13(14(15)24-10)23-9(4)19/h10-14H,5H2,1-4H3/t10-,11-,12+,13+,14+/m0/s1. The molecule has 0 spiro atoms. The number of rotatable bonds is 5. The fourth-order valence-corrected chi connectivity index (χ4v) is 2.86. The molecular weight excluding hydrogens is 392 g/mol. The average molecular weight is 411 g/mol. The van der Waals surface area contributed by atoms with E-state index < -0.39 is 53.3 Å². The third-order valence-corrected chi connectivity index (χ3v) is 3.67. The number of carbonyl (C=O) groups excluding carboxylic acids is 4. The van der Waals surface area contributed by atoms with Crippen LogP contribution < -0.4 is 0 Å². The number of halogens is 1. The molecule has 0 aliphatic carbocycles. The van der Waals surface area contributed by atoms with Gasteiger partial charge in [-0.05, 0) is 0 Å². The minimum absolute atomic E-state index is 0.236. The van der Waals surface area contributed by atoms with Gasteiger partial charge in [0, 0.05) is 27.7 Å². The van der Waals surface area contributed by atoms with Gasteiger partial charge in [-0.1, -0.05) is 15.9 Å². The molecule has 1 aliphatic rings. The van der Waals surface area contributed by atoms with E-state index in [-0.39, 0.29) is 6.61 Å². The van der Waals surface area contributed by atoms with Crippen LogP contribution in [0.2, 0.25) is 0 Å². The first-order valence-corrected chi connectivity index (χ1v) is 7.98. The number of esters is 4. The summed E-state index contributed by atoms with van der Waals surface area (Å²) in [6, 6.07) is 0. The van der Waals surface area contributed by atoms with E-state index in [1.807, 2.05) is 0 Å². The number of hydrogen-bond acceptors (Lipinski definition) is 9. The molecule has 136 valence electrons. The van der Waals surface area contributed by atoms with E-state index in [2.05, 4.69) is 15.9 Å². The molecule has 0 bridgehead atoms. The Morgan fingerprint density at radius 1 is 0.792 bits per heavy atom. The third kappa shape index (κ3) is 6.08. The zero-order valence-electron chi connectivity index (χ0n) is 13.6. The maximum atomic E-state index is 11.4. The highest BCUT2D eigenvalue weighted by Crippen LogP contribution is 2.31. The van der Waals surface area contributed by atoms with Gasteiger partial charge >= 0.3 is 23.9 Å². The van der Waals surface area contributed by atoms with E-state index in [1.165, 1.54) is 13.8 Å². The van der Waals surface area contributed by atoms with Crippen molar-refractivity contribution >= 4 is 39.8 Å². The van der Waals surface area contributed by atoms with Crippen LogP contribution in [0.1, 0.15) is 27.7 Å². The average Bonchev–Trinajstić information content (AvgIpc) is 2.42. The molecule has 1 saturated heterocycles. The minimum atomic E-state index is -1.13. The third-order valence-electron chi connectivity index (χ3n) is 2.93. The monoisotopic (exact) mass is 410 g/mol. The van der Waals surface area contributed by atoms with Crippen LogP contribution in [-0.2, 0) is 42.9 Å². The second-order valence-electron chi connectivity index (χ2n) is 5.05. The number of hydrogen-bond donors (Lipinski definition) is 0. The van der Waals surface area contributed by atoms with Gasteiger partial charge in [-0.2, -0.15) is 0 Å². The lowest BCUT2D eigenvalue weighted by atomic mass is 9.99. The van der Waals surface area contributed by atoms with E-state index in [1.54, 1.807) is 0 Å². The Kier molecular flexibility index (Phi) is 7.61. The Labute approximate surface area is 147 Å². The fraction of sp³-hybridized carbons (Fsp3) is 0.714. The molecule has 0 aromatic rings. The molecule has 1 aliphatic heterocycles. The fourth-order valence-electron chi connectivity index (χ4n) is 2.18. The SMILES string of the molecule is CC(=O)OC[C@@H]1O[C@@H](Br)[C@H](OC(C)=O)[C@H](OC(C)=O)[C@H]1OC(C)=O. The van der Waals surface area contributed by atoms with Gasteiger partial charge in [0.1, 0.15) is 12.7 Å². The van der Waals surface area contributed by atoms with Crippen molar-refractivity contribution < 1.29 is 42.9 Å². The molecule has 0 amide bonds. The molecule has 1 fully saturated rings. The lowest BCUT2D eigenvalue weighted by molar-refractivity contribution is -0.236. The quantitative estimate of drug-likeness (QED) is 0.362. The molecule has 0 N–H and O–H groups in total. The van der Waals surface area contributed by atoms with E-state index in [0.717, 1.165) is 13.8 Å². The lowest BCUT2D eigenvalue weighted by Crippen LogP contribution is -2.60. The van der Waals surface area contributed by atoms with Crippen LogP contribution in [0.5, 0.6) is 0 Å². The highest BCUT2D eigenvalue weighted by atomic mass is 79.9. The van der Waals surface area contributed by atoms with Crippen molar-refractivity contribution in [1.82, 2.24) is 0 Å². The summed E-state index contributed by atoms with van der Waals surface area (Å²) in [6.45, 7) is 4.47. The summed E-state index contributed by atoms with van der Waals surface area (Å²) in [5.41, 5.74) is 0. The Bertz CT molecular complexity index is 506. The summed E-state index contributed by atoms with van der Waals surface area (Å²) in [5.74, 6) is -2.52. The van der Waals surface area contributed by atoms with Crippen molar-refractivity contribution in [3.63, 3.8) is 0 Å². The number of carbonyl (C=O) groups is 4. The van der Waals surface area contributed by atoms with Gasteiger partial charge < -0.3 is 23.7 Å². The van der Waals surface area contributed by atoms with Crippen LogP contribution >= 0.6 is 15.9 Å². The zero-order chi connectivity index (χ0) is 18.4. The predicted octanol–water partition coefficient (Wildman–Crippen LogP) is 0.464. The molecule has 0 aromatic carbocycles. The largest absolute Gasteiger partial charge is 0.463 e. The smallest absolute Gasteiger partial charge is 0.303 e. The summed E-state index contributed by atoms with van der Waals surface area (Å²) >= 11 is 3.18. The summed E-state index contributed by atoms with van der Waals surface area (Å²) in [7, 11) is 0. The van der Waals surface area contributed by atoms with Crippen molar-refractivity contribution in [1.29, 1.82) is 0 Å². The molecule has 9 nitrogen and oxygen atoms in total. The Morgan fingerprint density at radius 2 is 1.25 bits per heavy atom. The van der Waals surface area contributed by atoms with Crippen LogP contribution in [-0.4, -0.2) is 59.9 Å². The molecular formula is C14H19BrO9. The van der Waals surface area contributed by atoms with Gasteiger partial charge in [0.2, 0.25) is 0 Å². The van der Waals surface area contributed by atoms with Crippen molar-refractivity contribution in [2.75, 3.05) is 6.61 Å². The molecule has 0 aromatic heterocycles. The maximum absolute atomic E-state index is 11.4. The van der Waals surface area contributed by atoms with Crippen LogP contribution in [0.4, 0.5) is 0 Å². The van der Waals surface area contributed by atoms with Gasteiger partial charge in [-0.15, -0.1) is 0 Å². The Balaban J connectivity index is 3.11. The minimum Gasteiger partial charge on any atom is -0.463 e. The van der Waals surface area contributed by atoms with Crippen LogP contribution in [0.25, 0.3) is 0 Å². The van der Waals surface area contributed by atoms with Crippen molar-refractivity contribution in [3.8, 4) is 0 Å². The van der Waals surface area contributed by atoms with Gasteiger partial charge in [0.25, 0.3) is 0 Å². The summed E-state index contributed by atoms with van der Waals surface area (Å²) < 4.78 is 25.9. The van der Waals surface area contributed by atoms with Gasteiger partial charge in [0.05, 0.1) is 0 Å². The van der Waals surface area contributed by atoms with Crippen molar-refractivity contribution in [2.45, 2.75) is 57.1 Å². The first-order valence-electron chi connectivity index (χ1n) is 7.06. The summed E-state index contributed by atoms with van der Waals surface area (Å²) in [6.07, 6.45) is -4.22. The summed E-state index contributed by atoms with van der Waals surface area (Å²) in [5, 5.41) is -0.863. The molecule has 24 heavy (non-hydrogen) atoms. The number of ether oxygens (including phenoxy) is 5. The molecule has 0 unspecified atom stereocenters. The maximum Gasteiger partial charge on any atom is 0.303 e. The van der Waals surface area contributed by atoms with Crippen LogP contribution in [0.15, 0.2) is 0 Å². The van der Waals surface area contributed by atoms with Crippen LogP contribution in [0.3, 0.4) is 0 Å². The van der Waals surface area contributed by atoms with E-state index in [4.69, 9.17) is 23.7 Å². The second kappa shape index (κ2) is 8.97. The molecule has 1 heterocycles. The van der Waals surface area contributed by atoms with E-state index >= 15 is 0 Å². The highest BCUT2D eigenvalue weighted by molar-refractivity contribution is 9.09. The van der Waals surface area contributed by atoms with Crippen molar-refractivity contribution in [3.05, 3.63) is 0 Å². The zero-order valence-corrected chi connectivity index (χ0v) is 15.2. The summed E-state index contributed by atoms with van der Waals surface area (Å²) in [4.78, 5) is 45.1. The van der Waals surface area contributed by atoms with E-state index in [0.29, 0.717) is 0 Å². The topological polar surface area (TPSA) is 114 Å². The van der Waals surface area contributed by atoms with Crippen LogP contribution in [0, 0.1) is 0 Å². The first kappa shape index (κ1) is 20.4. The molecule has 0 radical (unpaired) electrons. The highest BCUT2D eigenvalue weighted by Gasteiger charge is 2.51. The molecule has 1 rings (SSSR count). The Hall–Kier alpha value is -1.68. The molecule has 5 atom stereocenters. The van der Waals surface area contributed by atoms with Gasteiger partial charge in [-0.25, -0.2) is 0 Å². The molecule has 0 saturated carbocycles. The van der Waals surface area contributed by atoms with Gasteiger partial charge in [0.15, 0.2) is 23.3 Å². The second-order valence-corrected chi connectivity index (χ2v) is 5.95. The van der Waals surface area contributed by atoms with Gasteiger partial charge in [-0.3, -0.25) is 19.2 Å². The lowest BCUT2D eigenvalue weighted by Gasteiger charge is -2.42. The predicted molar refractivity (Wildman–Crippen MR) is 80.9 cm³/mol. The Morgan fingerprint density at radius 3 is 1.71 bits per heavy atom. The van der Waals surface area contributed by atoms with Crippen molar-refractivity contribution in [2.24, 2.45) is 0 Å².